The molecule has 1 rings (SSSR count). The van der Waals surface area contributed by atoms with Crippen molar-refractivity contribution in [3.63, 3.8) is 0 Å². The molecular formula is C12H16O4. The molecule has 0 fully saturated rings. The highest BCUT2D eigenvalue weighted by atomic mass is 16.8. The zero-order valence-electron chi connectivity index (χ0n) is 9.22. The van der Waals surface area contributed by atoms with Crippen molar-refractivity contribution in [2.75, 3.05) is 6.61 Å². The third kappa shape index (κ3) is 4.10. The molecule has 0 saturated carbocycles. The first-order chi connectivity index (χ1) is 7.55. The van der Waals surface area contributed by atoms with Gasteiger partial charge in [0.05, 0.1) is 0 Å². The van der Waals surface area contributed by atoms with E-state index >= 15 is 0 Å². The molecule has 0 unspecified atom stereocenters. The van der Waals surface area contributed by atoms with Crippen LogP contribution >= 0.6 is 0 Å². The fourth-order valence-corrected chi connectivity index (χ4v) is 1.35. The predicted molar refractivity (Wildman–Crippen MR) is 58.8 cm³/mol. The number of rotatable bonds is 6. The van der Waals surface area contributed by atoms with Crippen LogP contribution in [-0.2, 0) is 4.74 Å². The Morgan fingerprint density at radius 3 is 2.50 bits per heavy atom. The van der Waals surface area contributed by atoms with Gasteiger partial charge in [0, 0.05) is 25.0 Å². The summed E-state index contributed by atoms with van der Waals surface area (Å²) >= 11 is 0. The van der Waals surface area contributed by atoms with Gasteiger partial charge in [-0.2, -0.15) is 0 Å². The minimum Gasteiger partial charge on any atom is -0.343 e. The van der Waals surface area contributed by atoms with Crippen LogP contribution in [0.25, 0.3) is 0 Å². The molecule has 0 aliphatic heterocycles. The molecule has 0 amide bonds. The molecule has 0 atom stereocenters. The summed E-state index contributed by atoms with van der Waals surface area (Å²) in [6.45, 7) is 1.84. The highest BCUT2D eigenvalue weighted by Gasteiger charge is 2.24. The summed E-state index contributed by atoms with van der Waals surface area (Å²) in [4.78, 5) is 11.6. The first kappa shape index (κ1) is 12.8. The van der Waals surface area contributed by atoms with E-state index in [1.54, 1.807) is 31.2 Å². The summed E-state index contributed by atoms with van der Waals surface area (Å²) in [6.07, 6.45) is -0.0917. The third-order valence-corrected chi connectivity index (χ3v) is 2.15. The first-order valence-corrected chi connectivity index (χ1v) is 5.22. The van der Waals surface area contributed by atoms with Gasteiger partial charge in [-0.25, -0.2) is 0 Å². The Morgan fingerprint density at radius 2 is 1.94 bits per heavy atom. The fourth-order valence-electron chi connectivity index (χ4n) is 1.35. The molecule has 0 aliphatic carbocycles. The number of carbonyl (C=O) groups excluding carboxylic acids is 1. The van der Waals surface area contributed by atoms with Crippen LogP contribution in [-0.4, -0.2) is 28.6 Å². The predicted octanol–water partition coefficient (Wildman–Crippen LogP) is 1.32. The molecule has 2 N–H and O–H groups in total. The lowest BCUT2D eigenvalue weighted by atomic mass is 10.1. The lowest BCUT2D eigenvalue weighted by molar-refractivity contribution is -0.338. The number of Topliss-reactive ketones (excluding diaryl/α,β-unsaturated/α-hetero) is 1. The van der Waals surface area contributed by atoms with E-state index in [2.05, 4.69) is 4.74 Å². The highest BCUT2D eigenvalue weighted by molar-refractivity contribution is 5.95. The van der Waals surface area contributed by atoms with Gasteiger partial charge in [0.2, 0.25) is 0 Å². The van der Waals surface area contributed by atoms with Gasteiger partial charge in [0.25, 0.3) is 5.97 Å². The summed E-state index contributed by atoms with van der Waals surface area (Å²) in [5.74, 6) is -2.34. The molecule has 0 saturated heterocycles. The maximum absolute atomic E-state index is 11.6. The van der Waals surface area contributed by atoms with Gasteiger partial charge in [0.1, 0.15) is 0 Å². The number of aliphatic hydroxyl groups is 2. The summed E-state index contributed by atoms with van der Waals surface area (Å²) in [5, 5.41) is 18.6. The number of carbonyl (C=O) groups is 1. The van der Waals surface area contributed by atoms with E-state index in [9.17, 15) is 15.0 Å². The highest BCUT2D eigenvalue weighted by Crippen LogP contribution is 2.13. The second kappa shape index (κ2) is 5.75. The van der Waals surface area contributed by atoms with Crippen molar-refractivity contribution in [3.8, 4) is 0 Å². The lowest BCUT2D eigenvalue weighted by Gasteiger charge is -2.20. The van der Waals surface area contributed by atoms with Crippen molar-refractivity contribution >= 4 is 5.78 Å². The molecule has 0 heterocycles. The molecular weight excluding hydrogens is 208 g/mol. The van der Waals surface area contributed by atoms with Crippen molar-refractivity contribution in [1.29, 1.82) is 0 Å². The molecule has 4 nitrogen and oxygen atoms in total. The minimum absolute atomic E-state index is 0.0387. The second-order valence-electron chi connectivity index (χ2n) is 3.47. The lowest BCUT2D eigenvalue weighted by Crippen LogP contribution is -2.32. The van der Waals surface area contributed by atoms with E-state index in [0.29, 0.717) is 5.56 Å². The molecule has 0 bridgehead atoms. The molecule has 4 heteroatoms. The van der Waals surface area contributed by atoms with Crippen molar-refractivity contribution in [3.05, 3.63) is 35.9 Å². The number of ketones is 1. The fraction of sp³-hybridized carbons (Fsp3) is 0.417. The molecule has 16 heavy (non-hydrogen) atoms. The van der Waals surface area contributed by atoms with Crippen LogP contribution in [0.4, 0.5) is 0 Å². The molecule has 1 aromatic rings. The summed E-state index contributed by atoms with van der Waals surface area (Å²) in [7, 11) is 0. The number of hydrogen-bond acceptors (Lipinski definition) is 4. The Bertz CT molecular complexity index is 332. The third-order valence-electron chi connectivity index (χ3n) is 2.15. The van der Waals surface area contributed by atoms with E-state index in [0.717, 1.165) is 0 Å². The SMILES string of the molecule is CCOC(O)(O)CCC(=O)c1ccccc1. The van der Waals surface area contributed by atoms with E-state index in [4.69, 9.17) is 0 Å². The zero-order chi connectivity index (χ0) is 12.0. The Kier molecular flexibility index (Phi) is 4.61. The molecule has 0 radical (unpaired) electrons. The van der Waals surface area contributed by atoms with Gasteiger partial charge in [-0.05, 0) is 6.92 Å². The number of ether oxygens (including phenoxy) is 1. The van der Waals surface area contributed by atoms with Crippen LogP contribution in [0.3, 0.4) is 0 Å². The average molecular weight is 224 g/mol. The zero-order valence-corrected chi connectivity index (χ0v) is 9.22. The Balaban J connectivity index is 2.48. The van der Waals surface area contributed by atoms with Crippen LogP contribution in [0.1, 0.15) is 30.1 Å². The van der Waals surface area contributed by atoms with E-state index in [-0.39, 0.29) is 25.2 Å². The van der Waals surface area contributed by atoms with Crippen LogP contribution < -0.4 is 0 Å². The largest absolute Gasteiger partial charge is 0.343 e. The van der Waals surface area contributed by atoms with E-state index < -0.39 is 5.97 Å². The standard InChI is InChI=1S/C12H16O4/c1-2-16-12(14,15)9-8-11(13)10-6-4-3-5-7-10/h3-7,14-15H,2,8-9H2,1H3. The normalized spacial score (nSPS) is 11.4. The Labute approximate surface area is 94.5 Å². The van der Waals surface area contributed by atoms with Crippen molar-refractivity contribution in [2.24, 2.45) is 0 Å². The van der Waals surface area contributed by atoms with Gasteiger partial charge >= 0.3 is 0 Å². The van der Waals surface area contributed by atoms with Crippen molar-refractivity contribution in [1.82, 2.24) is 0 Å². The molecule has 0 aromatic heterocycles. The Morgan fingerprint density at radius 1 is 1.31 bits per heavy atom. The average Bonchev–Trinajstić information content (AvgIpc) is 2.27. The quantitative estimate of drug-likeness (QED) is 0.565. The van der Waals surface area contributed by atoms with Gasteiger partial charge in [-0.15, -0.1) is 0 Å². The van der Waals surface area contributed by atoms with E-state index in [1.807, 2.05) is 6.07 Å². The second-order valence-corrected chi connectivity index (χ2v) is 3.47. The Hall–Kier alpha value is -1.23. The summed E-state index contributed by atoms with van der Waals surface area (Å²) in [5.41, 5.74) is 0.565. The molecule has 88 valence electrons. The molecule has 0 aliphatic rings. The van der Waals surface area contributed by atoms with Gasteiger partial charge in [-0.3, -0.25) is 4.79 Å². The van der Waals surface area contributed by atoms with E-state index in [1.165, 1.54) is 0 Å². The van der Waals surface area contributed by atoms with Crippen molar-refractivity contribution < 1.29 is 19.7 Å². The van der Waals surface area contributed by atoms with Gasteiger partial charge in [-0.1, -0.05) is 30.3 Å². The van der Waals surface area contributed by atoms with Crippen LogP contribution in [0, 0.1) is 0 Å². The molecule has 1 aromatic carbocycles. The molecule has 0 spiro atoms. The smallest absolute Gasteiger partial charge is 0.278 e. The maximum atomic E-state index is 11.6. The van der Waals surface area contributed by atoms with Gasteiger partial charge < -0.3 is 14.9 Å². The number of benzene rings is 1. The topological polar surface area (TPSA) is 66.8 Å². The number of hydrogen-bond donors (Lipinski definition) is 2. The minimum atomic E-state index is -2.21. The van der Waals surface area contributed by atoms with Crippen LogP contribution in [0.2, 0.25) is 0 Å². The first-order valence-electron chi connectivity index (χ1n) is 5.22. The van der Waals surface area contributed by atoms with Gasteiger partial charge in [0.15, 0.2) is 5.78 Å². The van der Waals surface area contributed by atoms with Crippen LogP contribution in [0.5, 0.6) is 0 Å². The maximum Gasteiger partial charge on any atom is 0.278 e. The monoisotopic (exact) mass is 224 g/mol. The summed E-state index contributed by atoms with van der Waals surface area (Å²) < 4.78 is 4.67. The van der Waals surface area contributed by atoms with Crippen molar-refractivity contribution in [2.45, 2.75) is 25.7 Å². The summed E-state index contributed by atoms with van der Waals surface area (Å²) in [6, 6.07) is 8.74. The van der Waals surface area contributed by atoms with Crippen LogP contribution in [0.15, 0.2) is 30.3 Å².